The quantitative estimate of drug-likeness (QED) is 0.906. The fourth-order valence-corrected chi connectivity index (χ4v) is 3.53. The highest BCUT2D eigenvalue weighted by molar-refractivity contribution is 5.39. The zero-order chi connectivity index (χ0) is 14.7. The number of aryl methyl sites for hydroxylation is 3. The van der Waals surface area contributed by atoms with Crippen molar-refractivity contribution in [2.45, 2.75) is 65.5 Å². The normalized spacial score (nSPS) is 24.6. The van der Waals surface area contributed by atoms with E-state index >= 15 is 0 Å². The average Bonchev–Trinajstić information content (AvgIpc) is 2.57. The van der Waals surface area contributed by atoms with Crippen LogP contribution in [-0.2, 0) is 0 Å². The van der Waals surface area contributed by atoms with Crippen molar-refractivity contribution >= 4 is 0 Å². The number of hydrogen-bond acceptors (Lipinski definition) is 2. The summed E-state index contributed by atoms with van der Waals surface area (Å²) in [5, 5.41) is 0. The Morgan fingerprint density at radius 1 is 1.10 bits per heavy atom. The molecule has 1 heterocycles. The molecule has 0 aromatic heterocycles. The van der Waals surface area contributed by atoms with Crippen LogP contribution in [0.3, 0.4) is 0 Å². The Kier molecular flexibility index (Phi) is 5.22. The third-order valence-electron chi connectivity index (χ3n) is 4.74. The van der Waals surface area contributed by atoms with E-state index in [9.17, 15) is 0 Å². The second-order valence-corrected chi connectivity index (χ2v) is 6.43. The molecule has 1 aromatic carbocycles. The fourth-order valence-electron chi connectivity index (χ4n) is 3.53. The van der Waals surface area contributed by atoms with E-state index in [0.717, 1.165) is 13.0 Å². The minimum absolute atomic E-state index is 0.268. The maximum atomic E-state index is 6.55. The van der Waals surface area contributed by atoms with Gasteiger partial charge in [0.1, 0.15) is 0 Å². The van der Waals surface area contributed by atoms with Crippen LogP contribution < -0.4 is 5.73 Å². The monoisotopic (exact) mass is 274 g/mol. The van der Waals surface area contributed by atoms with Crippen molar-refractivity contribution in [3.05, 3.63) is 34.4 Å². The number of nitrogens with two attached hydrogens (primary N) is 1. The van der Waals surface area contributed by atoms with Gasteiger partial charge in [-0.1, -0.05) is 25.5 Å². The second kappa shape index (κ2) is 6.73. The molecule has 2 nitrogen and oxygen atoms in total. The van der Waals surface area contributed by atoms with E-state index in [-0.39, 0.29) is 6.04 Å². The van der Waals surface area contributed by atoms with Crippen molar-refractivity contribution in [3.63, 3.8) is 0 Å². The molecular weight excluding hydrogens is 244 g/mol. The minimum Gasteiger partial charge on any atom is -0.326 e. The Morgan fingerprint density at radius 2 is 1.80 bits per heavy atom. The Bertz CT molecular complexity index is 453. The first kappa shape index (κ1) is 15.5. The highest BCUT2D eigenvalue weighted by atomic mass is 15.2. The van der Waals surface area contributed by atoms with Gasteiger partial charge >= 0.3 is 0 Å². The van der Waals surface area contributed by atoms with Crippen molar-refractivity contribution < 1.29 is 0 Å². The lowest BCUT2D eigenvalue weighted by atomic mass is 9.90. The predicted octanol–water partition coefficient (Wildman–Crippen LogP) is 3.88. The van der Waals surface area contributed by atoms with E-state index in [0.29, 0.717) is 6.04 Å². The lowest BCUT2D eigenvalue weighted by molar-refractivity contribution is 0.185. The van der Waals surface area contributed by atoms with Crippen LogP contribution in [0, 0.1) is 20.8 Å². The minimum atomic E-state index is 0.268. The molecule has 0 saturated carbocycles. The van der Waals surface area contributed by atoms with Gasteiger partial charge in [0.15, 0.2) is 0 Å². The first-order valence-electron chi connectivity index (χ1n) is 8.12. The summed E-state index contributed by atoms with van der Waals surface area (Å²) in [6.45, 7) is 11.3. The molecule has 2 N–H and O–H groups in total. The first-order valence-corrected chi connectivity index (χ1v) is 8.12. The third-order valence-corrected chi connectivity index (χ3v) is 4.74. The van der Waals surface area contributed by atoms with Crippen LogP contribution in [0.1, 0.15) is 60.9 Å². The second-order valence-electron chi connectivity index (χ2n) is 6.43. The van der Waals surface area contributed by atoms with Crippen LogP contribution in [0.15, 0.2) is 12.1 Å². The van der Waals surface area contributed by atoms with Gasteiger partial charge in [0.2, 0.25) is 0 Å². The lowest BCUT2D eigenvalue weighted by Crippen LogP contribution is -2.40. The molecule has 1 aliphatic rings. The molecule has 0 amide bonds. The molecule has 0 spiro atoms. The highest BCUT2D eigenvalue weighted by Gasteiger charge is 2.29. The van der Waals surface area contributed by atoms with E-state index < -0.39 is 0 Å². The lowest BCUT2D eigenvalue weighted by Gasteiger charge is -2.35. The van der Waals surface area contributed by atoms with Gasteiger partial charge < -0.3 is 5.73 Å². The van der Waals surface area contributed by atoms with Gasteiger partial charge in [-0.2, -0.15) is 0 Å². The Morgan fingerprint density at radius 3 is 2.50 bits per heavy atom. The molecular formula is C18H30N2. The molecule has 2 heteroatoms. The van der Waals surface area contributed by atoms with Gasteiger partial charge in [-0.25, -0.2) is 0 Å². The third kappa shape index (κ3) is 3.24. The van der Waals surface area contributed by atoms with Gasteiger partial charge in [0, 0.05) is 6.04 Å². The summed E-state index contributed by atoms with van der Waals surface area (Å²) in [5.41, 5.74) is 12.2. The Hall–Kier alpha value is -0.860. The van der Waals surface area contributed by atoms with Crippen LogP contribution in [-0.4, -0.2) is 24.0 Å². The maximum absolute atomic E-state index is 6.55. The maximum Gasteiger partial charge on any atom is 0.0501 e. The summed E-state index contributed by atoms with van der Waals surface area (Å²) in [6, 6.07) is 5.37. The fraction of sp³-hybridized carbons (Fsp3) is 0.667. The predicted molar refractivity (Wildman–Crippen MR) is 87.1 cm³/mol. The summed E-state index contributed by atoms with van der Waals surface area (Å²) < 4.78 is 0. The van der Waals surface area contributed by atoms with Crippen LogP contribution in [0.25, 0.3) is 0 Å². The van der Waals surface area contributed by atoms with Gasteiger partial charge in [0.05, 0.1) is 6.04 Å². The van der Waals surface area contributed by atoms with Crippen LogP contribution in [0.4, 0.5) is 0 Å². The van der Waals surface area contributed by atoms with E-state index in [4.69, 9.17) is 5.73 Å². The number of hydrogen-bond donors (Lipinski definition) is 1. The smallest absolute Gasteiger partial charge is 0.0501 e. The van der Waals surface area contributed by atoms with Gasteiger partial charge in [-0.3, -0.25) is 4.90 Å². The summed E-state index contributed by atoms with van der Waals surface area (Å²) in [5.74, 6) is 0. The summed E-state index contributed by atoms with van der Waals surface area (Å²) in [4.78, 5) is 2.62. The van der Waals surface area contributed by atoms with Crippen molar-refractivity contribution in [3.8, 4) is 0 Å². The molecule has 0 radical (unpaired) electrons. The van der Waals surface area contributed by atoms with Crippen molar-refractivity contribution in [2.75, 3.05) is 13.1 Å². The first-order chi connectivity index (χ1) is 9.54. The molecule has 112 valence electrons. The van der Waals surface area contributed by atoms with E-state index in [1.54, 1.807) is 0 Å². The van der Waals surface area contributed by atoms with Gasteiger partial charge in [0.25, 0.3) is 0 Å². The van der Waals surface area contributed by atoms with Crippen LogP contribution >= 0.6 is 0 Å². The molecule has 2 atom stereocenters. The Labute approximate surface area is 124 Å². The van der Waals surface area contributed by atoms with Crippen molar-refractivity contribution in [1.29, 1.82) is 0 Å². The molecule has 0 bridgehead atoms. The SMILES string of the molecule is CCCN1CCCCC(N)C1c1cc(C)c(C)cc1C. The van der Waals surface area contributed by atoms with E-state index in [1.807, 2.05) is 0 Å². The van der Waals surface area contributed by atoms with Crippen LogP contribution in [0.5, 0.6) is 0 Å². The van der Waals surface area contributed by atoms with Crippen molar-refractivity contribution in [2.24, 2.45) is 5.73 Å². The number of rotatable bonds is 3. The van der Waals surface area contributed by atoms with E-state index in [1.165, 1.54) is 48.1 Å². The van der Waals surface area contributed by atoms with Gasteiger partial charge in [-0.15, -0.1) is 0 Å². The molecule has 0 aliphatic carbocycles. The average molecular weight is 274 g/mol. The van der Waals surface area contributed by atoms with Crippen LogP contribution in [0.2, 0.25) is 0 Å². The zero-order valence-electron chi connectivity index (χ0n) is 13.6. The van der Waals surface area contributed by atoms with Crippen molar-refractivity contribution in [1.82, 2.24) is 4.90 Å². The highest BCUT2D eigenvalue weighted by Crippen LogP contribution is 2.32. The van der Waals surface area contributed by atoms with Gasteiger partial charge in [-0.05, 0) is 75.4 Å². The number of likely N-dealkylation sites (tertiary alicyclic amines) is 1. The molecule has 2 unspecified atom stereocenters. The molecule has 2 rings (SSSR count). The molecule has 1 aromatic rings. The molecule has 1 saturated heterocycles. The molecule has 1 fully saturated rings. The van der Waals surface area contributed by atoms with E-state index in [2.05, 4.69) is 44.7 Å². The summed E-state index contributed by atoms with van der Waals surface area (Å²) in [7, 11) is 0. The largest absolute Gasteiger partial charge is 0.326 e. The Balaban J connectivity index is 2.41. The molecule has 1 aliphatic heterocycles. The zero-order valence-corrected chi connectivity index (χ0v) is 13.6. The summed E-state index contributed by atoms with van der Waals surface area (Å²) >= 11 is 0. The standard InChI is InChI=1S/C18H30N2/c1-5-9-20-10-7-6-8-17(19)18(20)16-12-14(3)13(2)11-15(16)4/h11-12,17-18H,5-10,19H2,1-4H3. The topological polar surface area (TPSA) is 29.3 Å². The number of nitrogens with zero attached hydrogens (tertiary/aromatic N) is 1. The number of benzene rings is 1. The summed E-state index contributed by atoms with van der Waals surface area (Å²) in [6.07, 6.45) is 4.90. The molecule has 20 heavy (non-hydrogen) atoms.